The Morgan fingerprint density at radius 1 is 0.927 bits per heavy atom. The van der Waals surface area contributed by atoms with Gasteiger partial charge in [0.2, 0.25) is 11.8 Å². The average Bonchev–Trinajstić information content (AvgIpc) is 2.97. The van der Waals surface area contributed by atoms with Gasteiger partial charge in [0.1, 0.15) is 18.3 Å². The molecule has 0 fully saturated rings. The summed E-state index contributed by atoms with van der Waals surface area (Å²) < 4.78 is 34.4. The second-order valence-electron chi connectivity index (χ2n) is 10.0. The molecular weight excluding hydrogens is 538 g/mol. The monoisotopic (exact) mass is 579 g/mol. The Balaban J connectivity index is 2.05. The minimum Gasteiger partial charge on any atom is -0.497 e. The molecular formula is C32H41N3O5S. The zero-order valence-electron chi connectivity index (χ0n) is 24.6. The number of hydrogen-bond acceptors (Lipinski definition) is 5. The molecule has 0 heterocycles. The zero-order chi connectivity index (χ0) is 30.0. The van der Waals surface area contributed by atoms with Crippen molar-refractivity contribution in [3.8, 4) is 5.75 Å². The van der Waals surface area contributed by atoms with Crippen molar-refractivity contribution in [3.05, 3.63) is 89.5 Å². The lowest BCUT2D eigenvalue weighted by Crippen LogP contribution is -2.52. The minimum absolute atomic E-state index is 0.0784. The van der Waals surface area contributed by atoms with Crippen LogP contribution >= 0.6 is 0 Å². The van der Waals surface area contributed by atoms with Crippen LogP contribution in [-0.2, 0) is 26.2 Å². The summed E-state index contributed by atoms with van der Waals surface area (Å²) in [5, 5.41) is 2.94. The highest BCUT2D eigenvalue weighted by molar-refractivity contribution is 7.92. The fourth-order valence-electron chi connectivity index (χ4n) is 4.52. The van der Waals surface area contributed by atoms with Gasteiger partial charge in [0.25, 0.3) is 10.0 Å². The normalized spacial score (nSPS) is 11.9. The number of amides is 2. The summed E-state index contributed by atoms with van der Waals surface area (Å²) in [5.41, 5.74) is 3.05. The van der Waals surface area contributed by atoms with Crippen molar-refractivity contribution >= 4 is 27.5 Å². The molecule has 9 heteroatoms. The van der Waals surface area contributed by atoms with E-state index in [1.165, 1.54) is 17.0 Å². The van der Waals surface area contributed by atoms with Crippen molar-refractivity contribution in [2.45, 2.75) is 64.4 Å². The number of aryl methyl sites for hydroxylation is 2. The van der Waals surface area contributed by atoms with Crippen molar-refractivity contribution in [2.24, 2.45) is 0 Å². The third-order valence-electron chi connectivity index (χ3n) is 7.09. The van der Waals surface area contributed by atoms with E-state index < -0.39 is 28.5 Å². The van der Waals surface area contributed by atoms with Crippen molar-refractivity contribution in [3.63, 3.8) is 0 Å². The van der Waals surface area contributed by atoms with Crippen molar-refractivity contribution in [2.75, 3.05) is 24.5 Å². The van der Waals surface area contributed by atoms with E-state index in [0.717, 1.165) is 33.8 Å². The molecule has 3 aromatic carbocycles. The van der Waals surface area contributed by atoms with Gasteiger partial charge in [-0.25, -0.2) is 8.42 Å². The van der Waals surface area contributed by atoms with E-state index in [1.807, 2.05) is 52.0 Å². The van der Waals surface area contributed by atoms with Crippen LogP contribution in [0.2, 0.25) is 0 Å². The molecule has 0 saturated heterocycles. The fraction of sp³-hybridized carbons (Fsp3) is 0.375. The van der Waals surface area contributed by atoms with Crippen molar-refractivity contribution in [1.82, 2.24) is 10.2 Å². The van der Waals surface area contributed by atoms with Crippen LogP contribution in [0.3, 0.4) is 0 Å². The molecule has 0 aromatic heterocycles. The first kappa shape index (κ1) is 31.7. The molecule has 0 aliphatic carbocycles. The van der Waals surface area contributed by atoms with Gasteiger partial charge in [0.05, 0.1) is 17.7 Å². The van der Waals surface area contributed by atoms with Gasteiger partial charge in [0.15, 0.2) is 0 Å². The predicted octanol–water partition coefficient (Wildman–Crippen LogP) is 5.23. The molecule has 0 radical (unpaired) electrons. The van der Waals surface area contributed by atoms with Gasteiger partial charge in [-0.1, -0.05) is 56.7 Å². The summed E-state index contributed by atoms with van der Waals surface area (Å²) in [4.78, 5) is 29.0. The average molecular weight is 580 g/mol. The Kier molecular flexibility index (Phi) is 11.3. The highest BCUT2D eigenvalue weighted by Gasteiger charge is 2.33. The molecule has 0 aliphatic heterocycles. The number of benzene rings is 3. The number of carbonyl (C=O) groups is 2. The Hall–Kier alpha value is -3.85. The summed E-state index contributed by atoms with van der Waals surface area (Å²) in [7, 11) is -2.54. The maximum absolute atomic E-state index is 14.2. The Bertz CT molecular complexity index is 1430. The van der Waals surface area contributed by atoms with Gasteiger partial charge in [0, 0.05) is 13.1 Å². The lowest BCUT2D eigenvalue weighted by molar-refractivity contribution is -0.140. The molecule has 41 heavy (non-hydrogen) atoms. The highest BCUT2D eigenvalue weighted by atomic mass is 32.2. The van der Waals surface area contributed by atoms with Crippen LogP contribution in [0.5, 0.6) is 5.75 Å². The van der Waals surface area contributed by atoms with Crippen molar-refractivity contribution in [1.29, 1.82) is 0 Å². The summed E-state index contributed by atoms with van der Waals surface area (Å²) in [5.74, 6) is -0.123. The molecule has 2 amide bonds. The first-order valence-electron chi connectivity index (χ1n) is 14.0. The number of nitrogens with one attached hydrogen (secondary N) is 1. The molecule has 1 unspecified atom stereocenters. The molecule has 3 rings (SSSR count). The number of anilines is 1. The number of hydrogen-bond donors (Lipinski definition) is 1. The minimum atomic E-state index is -4.10. The fourth-order valence-corrected chi connectivity index (χ4v) is 5.95. The SMILES string of the molecule is CCCCNC(=O)C(CC)N(Cc1cccc(OC)c1)C(=O)CN(c1ccc(C)c(C)c1)S(=O)(=O)c1ccccc1. The van der Waals surface area contributed by atoms with E-state index >= 15 is 0 Å². The lowest BCUT2D eigenvalue weighted by Gasteiger charge is -2.33. The quantitative estimate of drug-likeness (QED) is 0.264. The summed E-state index contributed by atoms with van der Waals surface area (Å²) in [6.45, 7) is 7.87. The maximum atomic E-state index is 14.2. The topological polar surface area (TPSA) is 96.0 Å². The molecule has 8 nitrogen and oxygen atoms in total. The van der Waals surface area contributed by atoms with Gasteiger partial charge < -0.3 is 15.0 Å². The second-order valence-corrected chi connectivity index (χ2v) is 11.9. The lowest BCUT2D eigenvalue weighted by atomic mass is 10.1. The van der Waals surface area contributed by atoms with Crippen LogP contribution in [0.1, 0.15) is 49.8 Å². The standard InChI is InChI=1S/C32H41N3O5S/c1-6-8-19-33-32(37)30(7-2)34(22-26-13-12-14-28(21-26)40-5)31(36)23-35(27-18-17-24(3)25(4)20-27)41(38,39)29-15-10-9-11-16-29/h9-18,20-21,30H,6-8,19,22-23H2,1-5H3,(H,33,37). The smallest absolute Gasteiger partial charge is 0.264 e. The number of carbonyl (C=O) groups excluding carboxylic acids is 2. The first-order valence-corrected chi connectivity index (χ1v) is 15.4. The van der Waals surface area contributed by atoms with Crippen LogP contribution < -0.4 is 14.4 Å². The molecule has 1 N–H and O–H groups in total. The Morgan fingerprint density at radius 3 is 2.29 bits per heavy atom. The van der Waals surface area contributed by atoms with Crippen LogP contribution in [0.25, 0.3) is 0 Å². The van der Waals surface area contributed by atoms with Crippen LogP contribution in [0.4, 0.5) is 5.69 Å². The number of methoxy groups -OCH3 is 1. The highest BCUT2D eigenvalue weighted by Crippen LogP contribution is 2.27. The zero-order valence-corrected chi connectivity index (χ0v) is 25.4. The summed E-state index contributed by atoms with van der Waals surface area (Å²) in [6.07, 6.45) is 2.11. The van der Waals surface area contributed by atoms with Gasteiger partial charge >= 0.3 is 0 Å². The van der Waals surface area contributed by atoms with Crippen LogP contribution in [-0.4, -0.2) is 51.4 Å². The van der Waals surface area contributed by atoms with Crippen molar-refractivity contribution < 1.29 is 22.7 Å². The van der Waals surface area contributed by atoms with E-state index in [1.54, 1.807) is 43.5 Å². The van der Waals surface area contributed by atoms with Gasteiger partial charge in [-0.15, -0.1) is 0 Å². The van der Waals surface area contributed by atoms with Crippen LogP contribution in [0, 0.1) is 13.8 Å². The Labute approximate surface area is 244 Å². The molecule has 0 saturated carbocycles. The maximum Gasteiger partial charge on any atom is 0.264 e. The number of unbranched alkanes of at least 4 members (excludes halogenated alkanes) is 1. The van der Waals surface area contributed by atoms with E-state index in [0.29, 0.717) is 24.4 Å². The van der Waals surface area contributed by atoms with E-state index in [4.69, 9.17) is 4.74 Å². The molecule has 0 bridgehead atoms. The number of ether oxygens (including phenoxy) is 1. The Morgan fingerprint density at radius 2 is 1.66 bits per heavy atom. The number of sulfonamides is 1. The first-order chi connectivity index (χ1) is 19.6. The molecule has 3 aromatic rings. The van der Waals surface area contributed by atoms with Crippen LogP contribution in [0.15, 0.2) is 77.7 Å². The molecule has 0 aliphatic rings. The van der Waals surface area contributed by atoms with Gasteiger partial charge in [-0.3, -0.25) is 13.9 Å². The predicted molar refractivity (Wildman–Crippen MR) is 162 cm³/mol. The third-order valence-corrected chi connectivity index (χ3v) is 8.88. The van der Waals surface area contributed by atoms with E-state index in [2.05, 4.69) is 5.32 Å². The van der Waals surface area contributed by atoms with Gasteiger partial charge in [-0.05, 0) is 79.8 Å². The largest absolute Gasteiger partial charge is 0.497 e. The van der Waals surface area contributed by atoms with Gasteiger partial charge in [-0.2, -0.15) is 0 Å². The molecule has 1 atom stereocenters. The summed E-state index contributed by atoms with van der Waals surface area (Å²) in [6, 6.07) is 19.9. The second kappa shape index (κ2) is 14.7. The van der Waals surface area contributed by atoms with E-state index in [9.17, 15) is 18.0 Å². The molecule has 0 spiro atoms. The third kappa shape index (κ3) is 8.10. The van der Waals surface area contributed by atoms with E-state index in [-0.39, 0.29) is 17.3 Å². The number of nitrogens with zero attached hydrogens (tertiary/aromatic N) is 2. The summed E-state index contributed by atoms with van der Waals surface area (Å²) >= 11 is 0. The number of rotatable bonds is 14. The molecule has 220 valence electrons.